The van der Waals surface area contributed by atoms with Crippen LogP contribution in [-0.2, 0) is 19.1 Å². The van der Waals surface area contributed by atoms with Crippen LogP contribution in [0.3, 0.4) is 0 Å². The molecule has 0 atom stereocenters. The molecule has 274 valence electrons. The van der Waals surface area contributed by atoms with Crippen molar-refractivity contribution in [3.8, 4) is 0 Å². The van der Waals surface area contributed by atoms with E-state index in [1.54, 1.807) is 4.90 Å². The zero-order valence-electron chi connectivity index (χ0n) is 31.3. The van der Waals surface area contributed by atoms with Gasteiger partial charge in [0.15, 0.2) is 0 Å². The highest BCUT2D eigenvalue weighted by Crippen LogP contribution is 2.20. The number of hydrogen-bond acceptors (Lipinski definition) is 5. The van der Waals surface area contributed by atoms with Gasteiger partial charge < -0.3 is 19.5 Å². The van der Waals surface area contributed by atoms with E-state index in [0.717, 1.165) is 51.4 Å². The minimum absolute atomic E-state index is 0.000635. The monoisotopic (exact) mass is 654 g/mol. The highest BCUT2D eigenvalue weighted by Gasteiger charge is 2.17. The van der Waals surface area contributed by atoms with Crippen LogP contribution in [-0.4, -0.2) is 60.9 Å². The van der Waals surface area contributed by atoms with Crippen LogP contribution >= 0.6 is 0 Å². The average molecular weight is 654 g/mol. The molecule has 0 saturated carbocycles. The van der Waals surface area contributed by atoms with E-state index < -0.39 is 0 Å². The van der Waals surface area contributed by atoms with Gasteiger partial charge in [0.25, 0.3) is 0 Å². The van der Waals surface area contributed by atoms with Crippen LogP contribution in [0.25, 0.3) is 0 Å². The molecule has 0 aliphatic rings. The zero-order valence-corrected chi connectivity index (χ0v) is 31.3. The SMILES string of the molecule is CCCCCCCCC(CCCCCCCC)OCC(=O)N(CCO)CCCCCCCC(=O)OCCC(CCCC)CCCC. The van der Waals surface area contributed by atoms with Gasteiger partial charge in [-0.1, -0.05) is 163 Å². The van der Waals surface area contributed by atoms with E-state index in [0.29, 0.717) is 32.0 Å². The summed E-state index contributed by atoms with van der Waals surface area (Å²) in [6, 6.07) is 0. The van der Waals surface area contributed by atoms with Gasteiger partial charge in [-0.2, -0.15) is 0 Å². The second-order valence-electron chi connectivity index (χ2n) is 13.8. The molecule has 46 heavy (non-hydrogen) atoms. The Morgan fingerprint density at radius 1 is 0.565 bits per heavy atom. The Morgan fingerprint density at radius 3 is 1.61 bits per heavy atom. The van der Waals surface area contributed by atoms with Crippen LogP contribution in [0, 0.1) is 5.92 Å². The Morgan fingerprint density at radius 2 is 1.07 bits per heavy atom. The number of esters is 1. The first-order valence-corrected chi connectivity index (χ1v) is 20.2. The summed E-state index contributed by atoms with van der Waals surface area (Å²) in [6.45, 7) is 10.7. The first-order valence-electron chi connectivity index (χ1n) is 20.2. The summed E-state index contributed by atoms with van der Waals surface area (Å²) >= 11 is 0. The van der Waals surface area contributed by atoms with E-state index in [1.165, 1.54) is 116 Å². The molecule has 1 amide bonds. The van der Waals surface area contributed by atoms with Crippen molar-refractivity contribution in [1.29, 1.82) is 0 Å². The number of hydrogen-bond donors (Lipinski definition) is 1. The third-order valence-electron chi connectivity index (χ3n) is 9.45. The average Bonchev–Trinajstić information content (AvgIpc) is 3.06. The van der Waals surface area contributed by atoms with Gasteiger partial charge in [0.1, 0.15) is 6.61 Å². The van der Waals surface area contributed by atoms with Crippen LogP contribution in [0.4, 0.5) is 0 Å². The topological polar surface area (TPSA) is 76.1 Å². The molecule has 0 radical (unpaired) electrons. The summed E-state index contributed by atoms with van der Waals surface area (Å²) < 4.78 is 11.8. The van der Waals surface area contributed by atoms with Gasteiger partial charge in [0.2, 0.25) is 5.91 Å². The molecule has 6 heteroatoms. The third kappa shape index (κ3) is 29.0. The van der Waals surface area contributed by atoms with Crippen molar-refractivity contribution in [3.63, 3.8) is 0 Å². The minimum atomic E-state index is -0.0595. The van der Waals surface area contributed by atoms with Crippen LogP contribution in [0.2, 0.25) is 0 Å². The predicted octanol–water partition coefficient (Wildman–Crippen LogP) is 11.0. The summed E-state index contributed by atoms with van der Waals surface area (Å²) in [7, 11) is 0. The maximum absolute atomic E-state index is 13.0. The van der Waals surface area contributed by atoms with Crippen molar-refractivity contribution in [1.82, 2.24) is 4.90 Å². The van der Waals surface area contributed by atoms with Crippen molar-refractivity contribution < 1.29 is 24.2 Å². The van der Waals surface area contributed by atoms with Gasteiger partial charge in [-0.3, -0.25) is 9.59 Å². The smallest absolute Gasteiger partial charge is 0.305 e. The predicted molar refractivity (Wildman–Crippen MR) is 195 cm³/mol. The van der Waals surface area contributed by atoms with Crippen molar-refractivity contribution >= 4 is 11.9 Å². The van der Waals surface area contributed by atoms with Crippen molar-refractivity contribution in [2.45, 2.75) is 207 Å². The highest BCUT2D eigenvalue weighted by molar-refractivity contribution is 5.77. The van der Waals surface area contributed by atoms with Gasteiger partial charge in [0.05, 0.1) is 19.3 Å². The Bertz CT molecular complexity index is 634. The fourth-order valence-electron chi connectivity index (χ4n) is 6.31. The lowest BCUT2D eigenvalue weighted by Gasteiger charge is -2.24. The maximum Gasteiger partial charge on any atom is 0.305 e. The molecule has 0 aliphatic carbocycles. The lowest BCUT2D eigenvalue weighted by atomic mass is 9.93. The first kappa shape index (κ1) is 44.9. The molecule has 0 aromatic heterocycles. The molecule has 0 saturated heterocycles. The molecule has 0 heterocycles. The largest absolute Gasteiger partial charge is 0.466 e. The molecule has 0 aromatic rings. The molecule has 0 bridgehead atoms. The lowest BCUT2D eigenvalue weighted by molar-refractivity contribution is -0.144. The second kappa shape index (κ2) is 35.2. The molecule has 0 spiro atoms. The number of ether oxygens (including phenoxy) is 2. The van der Waals surface area contributed by atoms with E-state index in [2.05, 4.69) is 27.7 Å². The van der Waals surface area contributed by atoms with Gasteiger partial charge in [0, 0.05) is 19.5 Å². The van der Waals surface area contributed by atoms with Crippen molar-refractivity contribution in [2.24, 2.45) is 5.92 Å². The van der Waals surface area contributed by atoms with E-state index in [-0.39, 0.29) is 31.2 Å². The number of aliphatic hydroxyl groups is 1. The van der Waals surface area contributed by atoms with E-state index in [1.807, 2.05) is 0 Å². The quantitative estimate of drug-likeness (QED) is 0.0538. The van der Waals surface area contributed by atoms with Crippen LogP contribution < -0.4 is 0 Å². The minimum Gasteiger partial charge on any atom is -0.466 e. The number of aliphatic hydroxyl groups excluding tert-OH is 1. The Labute approximate surface area is 286 Å². The van der Waals surface area contributed by atoms with Gasteiger partial charge in [-0.05, 0) is 38.0 Å². The third-order valence-corrected chi connectivity index (χ3v) is 9.45. The van der Waals surface area contributed by atoms with Gasteiger partial charge >= 0.3 is 5.97 Å². The first-order chi connectivity index (χ1) is 22.5. The van der Waals surface area contributed by atoms with Crippen molar-refractivity contribution in [2.75, 3.05) is 32.9 Å². The number of carbonyl (C=O) groups excluding carboxylic acids is 2. The number of nitrogens with zero attached hydrogens (tertiary/aromatic N) is 1. The molecule has 0 fully saturated rings. The van der Waals surface area contributed by atoms with E-state index >= 15 is 0 Å². The Hall–Kier alpha value is -1.14. The molecule has 0 aliphatic heterocycles. The molecular weight excluding hydrogens is 574 g/mol. The van der Waals surface area contributed by atoms with Crippen LogP contribution in [0.1, 0.15) is 201 Å². The van der Waals surface area contributed by atoms with Gasteiger partial charge in [-0.15, -0.1) is 0 Å². The fourth-order valence-corrected chi connectivity index (χ4v) is 6.31. The summed E-state index contributed by atoms with van der Waals surface area (Å²) in [5.74, 6) is 0.628. The number of unbranched alkanes of at least 4 members (excludes halogenated alkanes) is 16. The summed E-state index contributed by atoms with van der Waals surface area (Å²) in [6.07, 6.45) is 31.3. The molecule has 0 rings (SSSR count). The molecule has 0 aromatic carbocycles. The molecule has 0 unspecified atom stereocenters. The number of rotatable bonds is 36. The summed E-state index contributed by atoms with van der Waals surface area (Å²) in [4.78, 5) is 27.0. The molecule has 6 nitrogen and oxygen atoms in total. The molecule has 1 N–H and O–H groups in total. The normalized spacial score (nSPS) is 11.5. The Balaban J connectivity index is 4.31. The standard InChI is InChI=1S/C40H79NO5/c1-5-9-13-15-18-22-28-38(29-23-19-16-14-10-6-2)46-36-39(43)41(33-34-42)32-25-21-17-20-24-30-40(44)45-35-31-37(26-11-7-3)27-12-8-4/h37-38,42H,5-36H2,1-4H3. The van der Waals surface area contributed by atoms with E-state index in [9.17, 15) is 14.7 Å². The number of amides is 1. The zero-order chi connectivity index (χ0) is 33.9. The number of carbonyl (C=O) groups is 2. The van der Waals surface area contributed by atoms with E-state index in [4.69, 9.17) is 9.47 Å². The molecular formula is C40H79NO5. The summed E-state index contributed by atoms with van der Waals surface area (Å²) in [5, 5.41) is 9.59. The van der Waals surface area contributed by atoms with Gasteiger partial charge in [-0.25, -0.2) is 0 Å². The van der Waals surface area contributed by atoms with Crippen LogP contribution in [0.15, 0.2) is 0 Å². The van der Waals surface area contributed by atoms with Crippen molar-refractivity contribution in [3.05, 3.63) is 0 Å². The second-order valence-corrected chi connectivity index (χ2v) is 13.8. The maximum atomic E-state index is 13.0. The highest BCUT2D eigenvalue weighted by atomic mass is 16.5. The fraction of sp³-hybridized carbons (Fsp3) is 0.950. The lowest BCUT2D eigenvalue weighted by Crippen LogP contribution is -2.38. The summed E-state index contributed by atoms with van der Waals surface area (Å²) in [5.41, 5.74) is 0. The Kier molecular flexibility index (Phi) is 34.3. The van der Waals surface area contributed by atoms with Crippen LogP contribution in [0.5, 0.6) is 0 Å².